The van der Waals surface area contributed by atoms with Crippen molar-refractivity contribution in [1.82, 2.24) is 4.72 Å². The number of carbonyl (C=O) groups excluding carboxylic acids is 1. The van der Waals surface area contributed by atoms with Crippen molar-refractivity contribution in [2.45, 2.75) is 23.6 Å². The first-order valence-corrected chi connectivity index (χ1v) is 6.92. The Morgan fingerprint density at radius 2 is 2.12 bits per heavy atom. The molecule has 16 heavy (non-hydrogen) atoms. The Balaban J connectivity index is 1.67. The Kier molecular flexibility index (Phi) is 1.72. The maximum Gasteiger partial charge on any atom is 0.254 e. The normalized spacial score (nSPS) is 47.8. The summed E-state index contributed by atoms with van der Waals surface area (Å²) in [6, 6.07) is 0. The summed E-state index contributed by atoms with van der Waals surface area (Å²) < 4.78 is 25.5. The van der Waals surface area contributed by atoms with Crippen molar-refractivity contribution in [3.63, 3.8) is 0 Å². The minimum Gasteiger partial charge on any atom is -0.317 e. The van der Waals surface area contributed by atoms with E-state index in [-0.39, 0.29) is 11.2 Å². The number of amides is 1. The molecule has 3 aliphatic carbocycles. The largest absolute Gasteiger partial charge is 0.317 e. The minimum atomic E-state index is -3.47. The van der Waals surface area contributed by atoms with Gasteiger partial charge in [0.1, 0.15) is 5.54 Å². The average Bonchev–Trinajstić information content (AvgIpc) is 2.97. The molecule has 6 heteroatoms. The van der Waals surface area contributed by atoms with Gasteiger partial charge in [0.15, 0.2) is 0 Å². The van der Waals surface area contributed by atoms with E-state index in [1.807, 2.05) is 0 Å². The number of nitrogens with two attached hydrogens (primary N) is 1. The number of fused-ring (bicyclic) bond motifs is 1. The molecule has 3 N–H and O–H groups in total. The molecule has 3 saturated carbocycles. The van der Waals surface area contributed by atoms with Crippen molar-refractivity contribution in [2.24, 2.45) is 23.5 Å². The van der Waals surface area contributed by atoms with E-state index in [1.54, 1.807) is 6.08 Å². The second kappa shape index (κ2) is 2.68. The van der Waals surface area contributed by atoms with Gasteiger partial charge in [-0.05, 0) is 24.7 Å². The Bertz CT molecular complexity index is 478. The summed E-state index contributed by atoms with van der Waals surface area (Å²) in [5.74, 6) is -0.0815. The van der Waals surface area contributed by atoms with E-state index in [1.165, 1.54) is 0 Å². The predicted octanol–water partition coefficient (Wildman–Crippen LogP) is -0.646. The highest BCUT2D eigenvalue weighted by Gasteiger charge is 2.71. The zero-order valence-corrected chi connectivity index (χ0v) is 9.53. The summed E-state index contributed by atoms with van der Waals surface area (Å²) in [6.45, 7) is 3.55. The molecule has 5 nitrogen and oxygen atoms in total. The first kappa shape index (κ1) is 10.3. The third-order valence-corrected chi connectivity index (χ3v) is 5.84. The SMILES string of the molecule is C=CC1CC1(N)C(=O)NS(=O)(=O)C1C2CC21. The molecule has 0 saturated heterocycles. The number of sulfonamides is 1. The number of nitrogens with one attached hydrogen (secondary N) is 1. The fraction of sp³-hybridized carbons (Fsp3) is 0.700. The van der Waals surface area contributed by atoms with Crippen LogP contribution in [0.1, 0.15) is 12.8 Å². The summed E-state index contributed by atoms with van der Waals surface area (Å²) in [6.07, 6.45) is 3.07. The summed E-state index contributed by atoms with van der Waals surface area (Å²) in [7, 11) is -3.47. The van der Waals surface area contributed by atoms with Crippen molar-refractivity contribution < 1.29 is 13.2 Å². The van der Waals surface area contributed by atoms with Crippen molar-refractivity contribution in [2.75, 3.05) is 0 Å². The molecule has 3 fully saturated rings. The summed E-state index contributed by atoms with van der Waals surface area (Å²) >= 11 is 0. The second-order valence-corrected chi connectivity index (χ2v) is 6.93. The van der Waals surface area contributed by atoms with Gasteiger partial charge in [-0.25, -0.2) is 8.42 Å². The number of carbonyl (C=O) groups is 1. The minimum absolute atomic E-state index is 0.101. The molecular formula is C10H14N2O3S. The van der Waals surface area contributed by atoms with Crippen LogP contribution in [0, 0.1) is 17.8 Å². The molecule has 1 amide bonds. The fourth-order valence-corrected chi connectivity index (χ4v) is 4.37. The summed E-state index contributed by atoms with van der Waals surface area (Å²) in [5.41, 5.74) is 4.72. The number of hydrogen-bond donors (Lipinski definition) is 2. The lowest BCUT2D eigenvalue weighted by atomic mass is 10.2. The molecule has 0 aromatic rings. The summed E-state index contributed by atoms with van der Waals surface area (Å²) in [5, 5.41) is -0.332. The van der Waals surface area contributed by atoms with Gasteiger partial charge in [0, 0.05) is 5.92 Å². The van der Waals surface area contributed by atoms with Crippen LogP contribution in [-0.4, -0.2) is 25.1 Å². The molecule has 0 aliphatic heterocycles. The predicted molar refractivity (Wildman–Crippen MR) is 57.7 cm³/mol. The van der Waals surface area contributed by atoms with E-state index in [4.69, 9.17) is 5.73 Å². The van der Waals surface area contributed by atoms with Crippen molar-refractivity contribution in [3.05, 3.63) is 12.7 Å². The van der Waals surface area contributed by atoms with E-state index in [0.29, 0.717) is 18.3 Å². The zero-order valence-electron chi connectivity index (χ0n) is 8.72. The highest BCUT2D eigenvalue weighted by molar-refractivity contribution is 7.91. The van der Waals surface area contributed by atoms with Crippen molar-refractivity contribution in [1.29, 1.82) is 0 Å². The molecule has 3 rings (SSSR count). The molecule has 0 heterocycles. The van der Waals surface area contributed by atoms with Crippen molar-refractivity contribution in [3.8, 4) is 0 Å². The van der Waals surface area contributed by atoms with Gasteiger partial charge < -0.3 is 5.73 Å². The first-order valence-electron chi connectivity index (χ1n) is 5.37. The molecule has 0 radical (unpaired) electrons. The highest BCUT2D eigenvalue weighted by atomic mass is 32.2. The van der Waals surface area contributed by atoms with Crippen molar-refractivity contribution >= 4 is 15.9 Å². The molecule has 4 atom stereocenters. The van der Waals surface area contributed by atoms with E-state index in [9.17, 15) is 13.2 Å². The average molecular weight is 242 g/mol. The van der Waals surface area contributed by atoms with Crippen LogP contribution in [0.3, 0.4) is 0 Å². The van der Waals surface area contributed by atoms with Crippen LogP contribution in [0.5, 0.6) is 0 Å². The van der Waals surface area contributed by atoms with Crippen LogP contribution >= 0.6 is 0 Å². The van der Waals surface area contributed by atoms with Gasteiger partial charge in [-0.3, -0.25) is 9.52 Å². The van der Waals surface area contributed by atoms with Gasteiger partial charge in [-0.15, -0.1) is 6.58 Å². The fourth-order valence-electron chi connectivity index (χ4n) is 2.33. The third-order valence-electron chi connectivity index (χ3n) is 3.95. The van der Waals surface area contributed by atoms with Crippen LogP contribution in [0.2, 0.25) is 0 Å². The summed E-state index contributed by atoms with van der Waals surface area (Å²) in [4.78, 5) is 11.7. The molecule has 4 unspecified atom stereocenters. The van der Waals surface area contributed by atoms with Crippen LogP contribution in [0.25, 0.3) is 0 Å². The maximum atomic E-state index is 11.7. The van der Waals surface area contributed by atoms with E-state index < -0.39 is 21.5 Å². The lowest BCUT2D eigenvalue weighted by molar-refractivity contribution is -0.121. The number of rotatable bonds is 4. The molecule has 0 aromatic heterocycles. The van der Waals surface area contributed by atoms with Gasteiger partial charge in [0.05, 0.1) is 5.25 Å². The Morgan fingerprint density at radius 1 is 1.50 bits per heavy atom. The molecule has 88 valence electrons. The van der Waals surface area contributed by atoms with E-state index in [2.05, 4.69) is 11.3 Å². The molecule has 0 bridgehead atoms. The van der Waals surface area contributed by atoms with Gasteiger partial charge >= 0.3 is 0 Å². The van der Waals surface area contributed by atoms with Crippen LogP contribution in [0.4, 0.5) is 0 Å². The van der Waals surface area contributed by atoms with Crippen LogP contribution in [-0.2, 0) is 14.8 Å². The second-order valence-electron chi connectivity index (χ2n) is 5.09. The monoisotopic (exact) mass is 242 g/mol. The lowest BCUT2D eigenvalue weighted by Crippen LogP contribution is -2.48. The highest BCUT2D eigenvalue weighted by Crippen LogP contribution is 2.65. The standard InChI is InChI=1S/C10H14N2O3S/c1-2-5-4-10(5,11)9(13)12-16(14,15)8-6-3-7(6)8/h2,5-8H,1,3-4,11H2,(H,12,13). The molecule has 0 spiro atoms. The van der Waals surface area contributed by atoms with E-state index >= 15 is 0 Å². The number of hydrogen-bond acceptors (Lipinski definition) is 4. The van der Waals surface area contributed by atoms with Crippen LogP contribution < -0.4 is 10.5 Å². The smallest absolute Gasteiger partial charge is 0.254 e. The van der Waals surface area contributed by atoms with Gasteiger partial charge in [0.25, 0.3) is 5.91 Å². The van der Waals surface area contributed by atoms with Gasteiger partial charge in [0.2, 0.25) is 10.0 Å². The Hall–Kier alpha value is -0.880. The molecular weight excluding hydrogens is 228 g/mol. The Morgan fingerprint density at radius 3 is 2.50 bits per heavy atom. The Labute approximate surface area is 94.1 Å². The molecule has 0 aromatic carbocycles. The quantitative estimate of drug-likeness (QED) is 0.641. The molecule has 3 aliphatic rings. The lowest BCUT2D eigenvalue weighted by Gasteiger charge is -2.13. The topological polar surface area (TPSA) is 89.3 Å². The van der Waals surface area contributed by atoms with E-state index in [0.717, 1.165) is 6.42 Å². The van der Waals surface area contributed by atoms with Gasteiger partial charge in [-0.1, -0.05) is 6.08 Å². The third kappa shape index (κ3) is 1.26. The first-order chi connectivity index (χ1) is 7.40. The zero-order chi connectivity index (χ0) is 11.7. The van der Waals surface area contributed by atoms with Gasteiger partial charge in [-0.2, -0.15) is 0 Å². The van der Waals surface area contributed by atoms with Crippen LogP contribution in [0.15, 0.2) is 12.7 Å². The maximum absolute atomic E-state index is 11.7.